The predicted molar refractivity (Wildman–Crippen MR) is 158 cm³/mol. The van der Waals surface area contributed by atoms with Crippen molar-refractivity contribution in [2.75, 3.05) is 6.54 Å². The molecule has 5 atom stereocenters. The number of benzene rings is 1. The quantitative estimate of drug-likeness (QED) is 0.440. The largest absolute Gasteiger partial charge is 0.479 e. The number of nitrogens with one attached hydrogen (secondary N) is 2. The van der Waals surface area contributed by atoms with Gasteiger partial charge in [0.15, 0.2) is 0 Å². The molecule has 4 amide bonds. The number of fused-ring (bicyclic) bond motifs is 3. The fraction of sp³-hybridized carbons (Fsp3) is 0.594. The second kappa shape index (κ2) is 12.5. The minimum Gasteiger partial charge on any atom is -0.479 e. The molecule has 0 radical (unpaired) electrons. The van der Waals surface area contributed by atoms with Gasteiger partial charge < -0.3 is 30.1 Å². The molecule has 4 aliphatic rings. The summed E-state index contributed by atoms with van der Waals surface area (Å²) in [6.07, 6.45) is 5.25. The summed E-state index contributed by atoms with van der Waals surface area (Å²) in [4.78, 5) is 68.8. The molecule has 2 fully saturated rings. The maximum Gasteiger partial charge on any atom is 0.410 e. The Hall–Kier alpha value is -4.09. The molecule has 3 heterocycles. The van der Waals surface area contributed by atoms with E-state index in [0.717, 1.165) is 30.4 Å². The highest BCUT2D eigenvalue weighted by molar-refractivity contribution is 5.96. The van der Waals surface area contributed by atoms with Gasteiger partial charge in [-0.05, 0) is 57.6 Å². The Labute approximate surface area is 257 Å². The average molecular weight is 611 g/mol. The molecule has 0 spiro atoms. The van der Waals surface area contributed by atoms with E-state index in [4.69, 9.17) is 9.47 Å². The number of aliphatic carboxylic acids is 1. The first-order chi connectivity index (χ1) is 20.9. The van der Waals surface area contributed by atoms with Crippen LogP contribution in [-0.2, 0) is 36.9 Å². The molecule has 1 aromatic carbocycles. The van der Waals surface area contributed by atoms with E-state index < -0.39 is 59.3 Å². The first-order valence-electron chi connectivity index (χ1n) is 15.4. The number of carbonyl (C=O) groups is 5. The Kier molecular flexibility index (Phi) is 8.90. The van der Waals surface area contributed by atoms with Gasteiger partial charge in [-0.1, -0.05) is 49.3 Å². The standard InChI is InChI=1S/C32H42N4O8/c1-31(2,3)44-29(41)33-24-14-8-6-4-5-7-13-22-16-32(22,28(39)40)34-26(37)25-15-23(19-36(25)27(24)38)43-30(42)35-17-20-11-9-10-12-21(20)18-35/h7,9-13,22-25H,4-6,8,14-19H2,1-3H3,(H,33,41)(H,34,37)(H,39,40)/b13-7-/t22-,23+,24-,25?,32+/m0/s1. The molecule has 12 heteroatoms. The number of hydrogen-bond acceptors (Lipinski definition) is 7. The van der Waals surface area contributed by atoms with Gasteiger partial charge in [-0.15, -0.1) is 0 Å². The number of carboxylic acid groups (broad SMARTS) is 1. The van der Waals surface area contributed by atoms with E-state index in [9.17, 15) is 29.1 Å². The van der Waals surface area contributed by atoms with E-state index in [1.807, 2.05) is 36.4 Å². The van der Waals surface area contributed by atoms with E-state index in [-0.39, 0.29) is 25.3 Å². The van der Waals surface area contributed by atoms with Gasteiger partial charge in [-0.2, -0.15) is 0 Å². The van der Waals surface area contributed by atoms with Crippen LogP contribution in [0.2, 0.25) is 0 Å². The Bertz CT molecular complexity index is 1310. The first kappa shape index (κ1) is 31.3. The topological polar surface area (TPSA) is 155 Å². The number of rotatable bonds is 3. The van der Waals surface area contributed by atoms with Crippen LogP contribution in [0.1, 0.15) is 76.8 Å². The van der Waals surface area contributed by atoms with Gasteiger partial charge >= 0.3 is 18.2 Å². The Balaban J connectivity index is 1.37. The molecule has 1 unspecified atom stereocenters. The third-order valence-electron chi connectivity index (χ3n) is 8.68. The highest BCUT2D eigenvalue weighted by atomic mass is 16.6. The molecule has 238 valence electrons. The Morgan fingerprint density at radius 3 is 2.43 bits per heavy atom. The summed E-state index contributed by atoms with van der Waals surface area (Å²) in [6, 6.07) is 5.65. The summed E-state index contributed by atoms with van der Waals surface area (Å²) in [5.74, 6) is -2.63. The highest BCUT2D eigenvalue weighted by Crippen LogP contribution is 2.45. The molecular weight excluding hydrogens is 568 g/mol. The summed E-state index contributed by atoms with van der Waals surface area (Å²) < 4.78 is 11.2. The summed E-state index contributed by atoms with van der Waals surface area (Å²) >= 11 is 0. The predicted octanol–water partition coefficient (Wildman–Crippen LogP) is 3.48. The number of ether oxygens (including phenoxy) is 2. The monoisotopic (exact) mass is 610 g/mol. The summed E-state index contributed by atoms with van der Waals surface area (Å²) in [7, 11) is 0. The van der Waals surface area contributed by atoms with Crippen LogP contribution in [0.15, 0.2) is 36.4 Å². The number of allylic oxidation sites excluding steroid dienone is 1. The number of hydrogen-bond donors (Lipinski definition) is 3. The van der Waals surface area contributed by atoms with Gasteiger partial charge in [0.25, 0.3) is 0 Å². The van der Waals surface area contributed by atoms with Crippen LogP contribution in [0.25, 0.3) is 0 Å². The molecule has 44 heavy (non-hydrogen) atoms. The van der Waals surface area contributed by atoms with Gasteiger partial charge in [-0.25, -0.2) is 14.4 Å². The van der Waals surface area contributed by atoms with E-state index in [1.54, 1.807) is 25.7 Å². The lowest BCUT2D eigenvalue weighted by Crippen LogP contribution is -2.56. The van der Waals surface area contributed by atoms with Crippen LogP contribution in [-0.4, -0.2) is 80.7 Å². The van der Waals surface area contributed by atoms with Crippen molar-refractivity contribution >= 4 is 30.0 Å². The molecule has 1 saturated heterocycles. The lowest BCUT2D eigenvalue weighted by molar-refractivity contribution is -0.145. The molecule has 3 N–H and O–H groups in total. The van der Waals surface area contributed by atoms with E-state index in [1.165, 1.54) is 4.90 Å². The number of nitrogens with zero attached hydrogens (tertiary/aromatic N) is 2. The lowest BCUT2D eigenvalue weighted by atomic mass is 10.0. The second-order valence-corrected chi connectivity index (χ2v) is 13.2. The second-order valence-electron chi connectivity index (χ2n) is 13.2. The molecule has 1 saturated carbocycles. The lowest BCUT2D eigenvalue weighted by Gasteiger charge is -2.30. The minimum absolute atomic E-state index is 0.000531. The van der Waals surface area contributed by atoms with Crippen molar-refractivity contribution in [1.29, 1.82) is 0 Å². The molecular formula is C32H42N4O8. The van der Waals surface area contributed by atoms with Crippen molar-refractivity contribution in [3.8, 4) is 0 Å². The van der Waals surface area contributed by atoms with Gasteiger partial charge in [-0.3, -0.25) is 14.5 Å². The molecule has 3 aliphatic heterocycles. The minimum atomic E-state index is -1.45. The molecule has 0 aromatic heterocycles. The molecule has 5 rings (SSSR count). The number of alkyl carbamates (subject to hydrolysis) is 1. The van der Waals surface area contributed by atoms with Crippen LogP contribution in [0, 0.1) is 5.92 Å². The maximum atomic E-state index is 14.0. The molecule has 1 aromatic rings. The number of amides is 4. The zero-order chi connectivity index (χ0) is 31.6. The normalized spacial score (nSPS) is 29.6. The van der Waals surface area contributed by atoms with Crippen molar-refractivity contribution in [3.63, 3.8) is 0 Å². The van der Waals surface area contributed by atoms with Crippen molar-refractivity contribution < 1.29 is 38.6 Å². The van der Waals surface area contributed by atoms with Gasteiger partial charge in [0.1, 0.15) is 29.3 Å². The van der Waals surface area contributed by atoms with Crippen molar-refractivity contribution in [3.05, 3.63) is 47.5 Å². The summed E-state index contributed by atoms with van der Waals surface area (Å²) in [6.45, 7) is 5.89. The van der Waals surface area contributed by atoms with Crippen LogP contribution in [0.4, 0.5) is 9.59 Å². The van der Waals surface area contributed by atoms with Crippen LogP contribution >= 0.6 is 0 Å². The van der Waals surface area contributed by atoms with Gasteiger partial charge in [0.05, 0.1) is 6.54 Å². The fourth-order valence-corrected chi connectivity index (χ4v) is 6.28. The zero-order valence-electron chi connectivity index (χ0n) is 25.5. The van der Waals surface area contributed by atoms with Crippen LogP contribution in [0.3, 0.4) is 0 Å². The zero-order valence-corrected chi connectivity index (χ0v) is 25.5. The van der Waals surface area contributed by atoms with Gasteiger partial charge in [0, 0.05) is 25.4 Å². The molecule has 0 bridgehead atoms. The number of carbonyl (C=O) groups excluding carboxylic acids is 4. The SMILES string of the molecule is CC(C)(C)OC(=O)N[C@H]1CCCCC/C=C\[C@H]2C[C@@]2(C(=O)O)NC(=O)C2C[C@@H](OC(=O)N3Cc4ccccc4C3)CN2C1=O. The highest BCUT2D eigenvalue weighted by Gasteiger charge is 2.61. The Morgan fingerprint density at radius 1 is 1.07 bits per heavy atom. The molecule has 1 aliphatic carbocycles. The third kappa shape index (κ3) is 7.00. The fourth-order valence-electron chi connectivity index (χ4n) is 6.28. The van der Waals surface area contributed by atoms with Crippen LogP contribution < -0.4 is 10.6 Å². The van der Waals surface area contributed by atoms with Crippen molar-refractivity contribution in [1.82, 2.24) is 20.4 Å². The first-order valence-corrected chi connectivity index (χ1v) is 15.4. The van der Waals surface area contributed by atoms with E-state index >= 15 is 0 Å². The average Bonchev–Trinajstić information content (AvgIpc) is 3.27. The maximum absolute atomic E-state index is 14.0. The summed E-state index contributed by atoms with van der Waals surface area (Å²) in [5.41, 5.74) is -0.176. The van der Waals surface area contributed by atoms with Gasteiger partial charge in [0.2, 0.25) is 11.8 Å². The van der Waals surface area contributed by atoms with Crippen molar-refractivity contribution in [2.24, 2.45) is 5.92 Å². The van der Waals surface area contributed by atoms with E-state index in [0.29, 0.717) is 25.9 Å². The van der Waals surface area contributed by atoms with Crippen LogP contribution in [0.5, 0.6) is 0 Å². The van der Waals surface area contributed by atoms with E-state index in [2.05, 4.69) is 10.6 Å². The van der Waals surface area contributed by atoms with Crippen molar-refractivity contribution in [2.45, 2.75) is 108 Å². The Morgan fingerprint density at radius 2 is 1.77 bits per heavy atom. The smallest absolute Gasteiger partial charge is 0.410 e. The summed E-state index contributed by atoms with van der Waals surface area (Å²) in [5, 5.41) is 15.4. The molecule has 12 nitrogen and oxygen atoms in total. The number of carboxylic acids is 1. The third-order valence-corrected chi connectivity index (χ3v) is 8.68.